The van der Waals surface area contributed by atoms with Crippen molar-refractivity contribution in [2.75, 3.05) is 18.8 Å². The van der Waals surface area contributed by atoms with Gasteiger partial charge in [-0.2, -0.15) is 0 Å². The molecule has 0 bridgehead atoms. The number of anilines is 1. The predicted molar refractivity (Wildman–Crippen MR) is 109 cm³/mol. The number of rotatable bonds is 3. The summed E-state index contributed by atoms with van der Waals surface area (Å²) in [5.74, 6) is 0.838. The van der Waals surface area contributed by atoms with Gasteiger partial charge in [0.2, 0.25) is 0 Å². The second kappa shape index (κ2) is 7.26. The van der Waals surface area contributed by atoms with Crippen LogP contribution in [0.3, 0.4) is 0 Å². The maximum atomic E-state index is 13.3. The van der Waals surface area contributed by atoms with Crippen molar-refractivity contribution in [3.05, 3.63) is 53.0 Å². The van der Waals surface area contributed by atoms with Crippen LogP contribution >= 0.6 is 0 Å². The molecule has 0 saturated carbocycles. The van der Waals surface area contributed by atoms with E-state index in [1.54, 1.807) is 6.92 Å². The van der Waals surface area contributed by atoms with Crippen molar-refractivity contribution in [1.29, 1.82) is 0 Å². The van der Waals surface area contributed by atoms with Crippen LogP contribution in [0.25, 0.3) is 10.9 Å². The Morgan fingerprint density at radius 2 is 2.11 bits per heavy atom. The lowest BCUT2D eigenvalue weighted by atomic mass is 9.92. The summed E-state index contributed by atoms with van der Waals surface area (Å²) >= 11 is 0. The average Bonchev–Trinajstić information content (AvgIpc) is 3.08. The highest BCUT2D eigenvalue weighted by Gasteiger charge is 2.31. The summed E-state index contributed by atoms with van der Waals surface area (Å²) < 4.78 is 5.32. The normalized spacial score (nSPS) is 17.4. The van der Waals surface area contributed by atoms with Crippen LogP contribution in [-0.2, 0) is 0 Å². The topological polar surface area (TPSA) is 85.2 Å². The molecule has 0 radical (unpaired) electrons. The molecule has 1 amide bonds. The first-order valence-corrected chi connectivity index (χ1v) is 9.86. The molecule has 1 atom stereocenters. The molecular formula is C22H26N4O2. The summed E-state index contributed by atoms with van der Waals surface area (Å²) in [5, 5.41) is 5.14. The molecule has 4 rings (SSSR count). The van der Waals surface area contributed by atoms with Gasteiger partial charge in [-0.3, -0.25) is 9.78 Å². The highest BCUT2D eigenvalue weighted by molar-refractivity contribution is 5.96. The maximum Gasteiger partial charge on any atom is 0.259 e. The zero-order valence-electron chi connectivity index (χ0n) is 16.6. The number of piperidine rings is 1. The Labute approximate surface area is 164 Å². The molecule has 3 aromatic rings. The lowest BCUT2D eigenvalue weighted by molar-refractivity contribution is 0.0703. The van der Waals surface area contributed by atoms with E-state index >= 15 is 0 Å². The van der Waals surface area contributed by atoms with Gasteiger partial charge in [0, 0.05) is 24.4 Å². The molecule has 1 aromatic carbocycles. The van der Waals surface area contributed by atoms with Gasteiger partial charge < -0.3 is 15.2 Å². The van der Waals surface area contributed by atoms with E-state index in [9.17, 15) is 4.79 Å². The number of aromatic nitrogens is 2. The van der Waals surface area contributed by atoms with Gasteiger partial charge in [0.25, 0.3) is 5.91 Å². The molecule has 2 aromatic heterocycles. The SMILES string of the molecule is Cc1onc(C(C)C)c1C(=O)N1CCC[C@@H](c2nc3ccccc3cc2N)C1. The highest BCUT2D eigenvalue weighted by atomic mass is 16.5. The molecule has 0 unspecified atom stereocenters. The third-order valence-electron chi connectivity index (χ3n) is 5.53. The molecule has 1 saturated heterocycles. The number of carbonyl (C=O) groups is 1. The van der Waals surface area contributed by atoms with Crippen LogP contribution < -0.4 is 5.73 Å². The quantitative estimate of drug-likeness (QED) is 0.736. The summed E-state index contributed by atoms with van der Waals surface area (Å²) in [7, 11) is 0. The van der Waals surface area contributed by atoms with Crippen LogP contribution in [0.1, 0.15) is 66.0 Å². The number of likely N-dealkylation sites (tertiary alicyclic amines) is 1. The van der Waals surface area contributed by atoms with Crippen molar-refractivity contribution < 1.29 is 9.32 Å². The van der Waals surface area contributed by atoms with Crippen molar-refractivity contribution >= 4 is 22.5 Å². The van der Waals surface area contributed by atoms with Crippen molar-refractivity contribution in [3.8, 4) is 0 Å². The maximum absolute atomic E-state index is 13.3. The number of hydrogen-bond acceptors (Lipinski definition) is 5. The smallest absolute Gasteiger partial charge is 0.259 e. The Morgan fingerprint density at radius 3 is 2.89 bits per heavy atom. The van der Waals surface area contributed by atoms with E-state index in [1.807, 2.05) is 49.1 Å². The largest absolute Gasteiger partial charge is 0.397 e. The predicted octanol–water partition coefficient (Wildman–Crippen LogP) is 4.26. The number of carbonyl (C=O) groups excluding carboxylic acids is 1. The van der Waals surface area contributed by atoms with Crippen LogP contribution in [0.4, 0.5) is 5.69 Å². The number of aryl methyl sites for hydroxylation is 1. The number of benzene rings is 1. The Bertz CT molecular complexity index is 1020. The molecule has 3 heterocycles. The molecule has 28 heavy (non-hydrogen) atoms. The molecule has 146 valence electrons. The molecule has 0 aliphatic carbocycles. The first kappa shape index (κ1) is 18.5. The number of pyridine rings is 1. The van der Waals surface area contributed by atoms with Gasteiger partial charge >= 0.3 is 0 Å². The second-order valence-electron chi connectivity index (χ2n) is 7.90. The van der Waals surface area contributed by atoms with Crippen molar-refractivity contribution in [2.45, 2.75) is 45.4 Å². The van der Waals surface area contributed by atoms with Crippen molar-refractivity contribution in [2.24, 2.45) is 0 Å². The molecule has 6 heteroatoms. The minimum atomic E-state index is -0.00786. The van der Waals surface area contributed by atoms with Gasteiger partial charge in [-0.15, -0.1) is 0 Å². The fourth-order valence-corrected chi connectivity index (χ4v) is 4.06. The number of hydrogen-bond donors (Lipinski definition) is 1. The number of nitrogens with two attached hydrogens (primary N) is 1. The first-order valence-electron chi connectivity index (χ1n) is 9.86. The van der Waals surface area contributed by atoms with Crippen LogP contribution in [0, 0.1) is 6.92 Å². The summed E-state index contributed by atoms with van der Waals surface area (Å²) in [6, 6.07) is 9.96. The molecule has 1 aliphatic heterocycles. The molecule has 6 nitrogen and oxygen atoms in total. The van der Waals surface area contributed by atoms with Gasteiger partial charge in [-0.25, -0.2) is 0 Å². The van der Waals surface area contributed by atoms with Crippen molar-refractivity contribution in [1.82, 2.24) is 15.0 Å². The summed E-state index contributed by atoms with van der Waals surface area (Å²) in [6.45, 7) is 7.18. The number of nitrogens with zero attached hydrogens (tertiary/aromatic N) is 3. The van der Waals surface area contributed by atoms with Gasteiger partial charge in [0.15, 0.2) is 0 Å². The van der Waals surface area contributed by atoms with Crippen molar-refractivity contribution in [3.63, 3.8) is 0 Å². The van der Waals surface area contributed by atoms with E-state index in [2.05, 4.69) is 5.16 Å². The Balaban J connectivity index is 1.63. The monoisotopic (exact) mass is 378 g/mol. The zero-order chi connectivity index (χ0) is 19.8. The lowest BCUT2D eigenvalue weighted by Gasteiger charge is -2.33. The minimum Gasteiger partial charge on any atom is -0.397 e. The molecule has 1 aliphatic rings. The number of amides is 1. The summed E-state index contributed by atoms with van der Waals surface area (Å²) in [6.07, 6.45) is 1.89. The lowest BCUT2D eigenvalue weighted by Crippen LogP contribution is -2.40. The van der Waals surface area contributed by atoms with Crippen LogP contribution in [0.2, 0.25) is 0 Å². The second-order valence-corrected chi connectivity index (χ2v) is 7.90. The molecule has 0 spiro atoms. The van der Waals surface area contributed by atoms with E-state index < -0.39 is 0 Å². The van der Waals surface area contributed by atoms with Gasteiger partial charge in [-0.1, -0.05) is 37.2 Å². The Hall–Kier alpha value is -2.89. The van der Waals surface area contributed by atoms with E-state index in [-0.39, 0.29) is 17.7 Å². The van der Waals surface area contributed by atoms with E-state index in [0.717, 1.165) is 41.7 Å². The first-order chi connectivity index (χ1) is 13.5. The number of nitrogen functional groups attached to an aromatic ring is 1. The summed E-state index contributed by atoms with van der Waals surface area (Å²) in [5.41, 5.74) is 10.2. The fraction of sp³-hybridized carbons (Fsp3) is 0.409. The van der Waals surface area contributed by atoms with E-state index in [4.69, 9.17) is 15.2 Å². The average molecular weight is 378 g/mol. The van der Waals surface area contributed by atoms with E-state index in [0.29, 0.717) is 23.6 Å². The third-order valence-corrected chi connectivity index (χ3v) is 5.53. The molecule has 2 N–H and O–H groups in total. The van der Waals surface area contributed by atoms with Gasteiger partial charge in [-0.05, 0) is 37.8 Å². The van der Waals surface area contributed by atoms with E-state index in [1.165, 1.54) is 0 Å². The minimum absolute atomic E-state index is 0.00786. The fourth-order valence-electron chi connectivity index (χ4n) is 4.06. The van der Waals surface area contributed by atoms with Crippen LogP contribution in [-0.4, -0.2) is 34.0 Å². The number of fused-ring (bicyclic) bond motifs is 1. The van der Waals surface area contributed by atoms with Crippen LogP contribution in [0.5, 0.6) is 0 Å². The highest BCUT2D eigenvalue weighted by Crippen LogP contribution is 2.33. The van der Waals surface area contributed by atoms with Crippen LogP contribution in [0.15, 0.2) is 34.9 Å². The Morgan fingerprint density at radius 1 is 1.32 bits per heavy atom. The van der Waals surface area contributed by atoms with Gasteiger partial charge in [0.1, 0.15) is 11.3 Å². The molecular weight excluding hydrogens is 352 g/mol. The standard InChI is InChI=1S/C22H26N4O2/c1-13(2)20-19(14(3)28-25-20)22(27)26-10-6-8-16(12-26)21-17(23)11-15-7-4-5-9-18(15)24-21/h4-5,7,9,11,13,16H,6,8,10,12,23H2,1-3H3/t16-/m1/s1. The zero-order valence-corrected chi connectivity index (χ0v) is 16.6. The Kier molecular flexibility index (Phi) is 4.79. The summed E-state index contributed by atoms with van der Waals surface area (Å²) in [4.78, 5) is 20.0. The molecule has 1 fully saturated rings. The third kappa shape index (κ3) is 3.23. The number of para-hydroxylation sites is 1. The van der Waals surface area contributed by atoms with Gasteiger partial charge in [0.05, 0.1) is 22.6 Å².